The number of rotatable bonds is 4. The smallest absolute Gasteiger partial charge is 0.306 e. The van der Waals surface area contributed by atoms with Crippen LogP contribution >= 0.6 is 0 Å². The fourth-order valence-corrected chi connectivity index (χ4v) is 9.55. The van der Waals surface area contributed by atoms with Gasteiger partial charge in [-0.25, -0.2) is 13.4 Å². The molecule has 2 aliphatic carbocycles. The lowest BCUT2D eigenvalue weighted by Gasteiger charge is -2.29. The maximum absolute atomic E-state index is 14.6. The Bertz CT molecular complexity index is 1990. The van der Waals surface area contributed by atoms with E-state index < -0.39 is 56.0 Å². The molecule has 7 rings (SSSR count). The fourth-order valence-electron chi connectivity index (χ4n) is 8.17. The number of fused-ring (bicyclic) bond motifs is 4. The number of carbonyl (C=O) groups is 4. The molecule has 0 spiro atoms. The molecule has 2 saturated carbocycles. The van der Waals surface area contributed by atoms with Crippen molar-refractivity contribution < 1.29 is 41.8 Å². The van der Waals surface area contributed by atoms with Gasteiger partial charge in [-0.15, -0.1) is 0 Å². The number of hydrogen-bond donors (Lipinski definition) is 1. The van der Waals surface area contributed by atoms with Crippen LogP contribution in [-0.2, 0) is 33.9 Å². The van der Waals surface area contributed by atoms with E-state index in [9.17, 15) is 27.6 Å². The van der Waals surface area contributed by atoms with Crippen molar-refractivity contribution in [1.82, 2.24) is 14.6 Å². The maximum Gasteiger partial charge on any atom is 0.306 e. The average Bonchev–Trinajstić information content (AvgIpc) is 4.06. The van der Waals surface area contributed by atoms with Crippen LogP contribution in [0.5, 0.6) is 11.6 Å². The Morgan fingerprint density at radius 2 is 1.89 bits per heavy atom. The van der Waals surface area contributed by atoms with Gasteiger partial charge in [0.15, 0.2) is 5.78 Å². The van der Waals surface area contributed by atoms with Crippen molar-refractivity contribution >= 4 is 50.4 Å². The first kappa shape index (κ1) is 38.0. The van der Waals surface area contributed by atoms with Gasteiger partial charge in [0.2, 0.25) is 27.7 Å². The summed E-state index contributed by atoms with van der Waals surface area (Å²) in [5.41, 5.74) is -0.812. The highest BCUT2D eigenvalue weighted by atomic mass is 32.2. The van der Waals surface area contributed by atoms with Gasteiger partial charge in [-0.2, -0.15) is 0 Å². The number of nitrogens with zero attached hydrogens (tertiary/aromatic N) is 2. The molecule has 0 radical (unpaired) electrons. The molecule has 290 valence electrons. The number of nitrogens with one attached hydrogen (secondary N) is 1. The Labute approximate surface area is 317 Å². The lowest BCUT2D eigenvalue weighted by Crippen LogP contribution is -2.46. The second-order valence-corrected chi connectivity index (χ2v) is 18.6. The minimum atomic E-state index is -3.84. The van der Waals surface area contributed by atoms with E-state index in [-0.39, 0.29) is 50.0 Å². The van der Waals surface area contributed by atoms with Crippen molar-refractivity contribution in [3.63, 3.8) is 0 Å². The van der Waals surface area contributed by atoms with Crippen molar-refractivity contribution in [3.8, 4) is 11.6 Å². The van der Waals surface area contributed by atoms with Crippen molar-refractivity contribution in [2.75, 3.05) is 20.3 Å². The van der Waals surface area contributed by atoms with Crippen molar-refractivity contribution in [2.24, 2.45) is 22.7 Å². The second kappa shape index (κ2) is 15.1. The molecule has 2 aromatic rings. The number of ether oxygens (including phenoxy) is 3. The number of methoxy groups -OCH3 is 1. The summed E-state index contributed by atoms with van der Waals surface area (Å²) in [6.45, 7) is 4.27. The predicted molar refractivity (Wildman–Crippen MR) is 202 cm³/mol. The second-order valence-electron chi connectivity index (χ2n) is 16.6. The van der Waals surface area contributed by atoms with Crippen LogP contribution in [0.15, 0.2) is 42.6 Å². The van der Waals surface area contributed by atoms with Gasteiger partial charge in [0.25, 0.3) is 0 Å². The number of aromatic nitrogens is 1. The van der Waals surface area contributed by atoms with Crippen LogP contribution in [0.3, 0.4) is 0 Å². The fraction of sp³-hybridized carbons (Fsp3) is 0.585. The molecule has 1 aromatic heterocycles. The van der Waals surface area contributed by atoms with Gasteiger partial charge in [-0.1, -0.05) is 51.0 Å². The Hall–Kier alpha value is -4.26. The largest absolute Gasteiger partial charge is 0.496 e. The van der Waals surface area contributed by atoms with Crippen molar-refractivity contribution in [1.29, 1.82) is 0 Å². The summed E-state index contributed by atoms with van der Waals surface area (Å²) in [6, 6.07) is 4.78. The van der Waals surface area contributed by atoms with E-state index in [2.05, 4.69) is 9.71 Å². The Morgan fingerprint density at radius 3 is 2.67 bits per heavy atom. The van der Waals surface area contributed by atoms with E-state index >= 15 is 0 Å². The molecule has 4 heterocycles. The summed E-state index contributed by atoms with van der Waals surface area (Å²) in [5, 5.41) is 0.998. The molecule has 13 heteroatoms. The molecule has 1 N–H and O–H groups in total. The van der Waals surface area contributed by atoms with E-state index in [0.29, 0.717) is 50.2 Å². The van der Waals surface area contributed by atoms with Gasteiger partial charge in [-0.3, -0.25) is 23.9 Å². The number of benzene rings is 1. The summed E-state index contributed by atoms with van der Waals surface area (Å²) in [4.78, 5) is 62.4. The molecular formula is C41H51N3O9S. The summed E-state index contributed by atoms with van der Waals surface area (Å²) < 4.78 is 46.1. The van der Waals surface area contributed by atoms with Gasteiger partial charge in [-0.05, 0) is 74.4 Å². The van der Waals surface area contributed by atoms with E-state index in [1.54, 1.807) is 13.3 Å². The Balaban J connectivity index is 1.25. The number of allylic oxidation sites excluding steroid dienone is 3. The molecule has 5 aliphatic rings. The van der Waals surface area contributed by atoms with Crippen LogP contribution < -0.4 is 14.2 Å². The third-order valence-electron chi connectivity index (χ3n) is 11.7. The standard InChI is InChI=1S/C41H51N3O9S/c1-40(2)16-9-11-27-18-32-26(19-35(27)51-3)15-17-42-37(32)53-30-21-33-34(45)23-41(39(48)43-54(49,50)31-13-14-31)22-29(41)12-8-6-4-5-7-10-28(20-36(46)52-25-40)38(47)44(33)24-30/h8-9,11-12,15,17-19,28-31,33H,4-7,10,13-14,16,20-25H2,1-3H3,(H,43,48)/b11-9+,12-8-/t28-,29-,30-,33+,41-/m1/s1. The molecule has 1 saturated heterocycles. The first-order chi connectivity index (χ1) is 25.8. The van der Waals surface area contributed by atoms with E-state index in [0.717, 1.165) is 35.6 Å². The monoisotopic (exact) mass is 761 g/mol. The molecule has 12 nitrogen and oxygen atoms in total. The van der Waals surface area contributed by atoms with E-state index in [1.165, 1.54) is 4.90 Å². The van der Waals surface area contributed by atoms with E-state index in [1.807, 2.05) is 56.4 Å². The van der Waals surface area contributed by atoms with Crippen LogP contribution in [0, 0.1) is 22.7 Å². The molecule has 3 fully saturated rings. The molecule has 0 unspecified atom stereocenters. The quantitative estimate of drug-likeness (QED) is 0.304. The van der Waals surface area contributed by atoms with Gasteiger partial charge >= 0.3 is 5.97 Å². The van der Waals surface area contributed by atoms with Crippen molar-refractivity contribution in [3.05, 3.63) is 48.2 Å². The zero-order valence-electron chi connectivity index (χ0n) is 31.4. The number of carbonyl (C=O) groups excluding carboxylic acids is 4. The Kier molecular flexibility index (Phi) is 10.6. The molecule has 2 amide bonds. The van der Waals surface area contributed by atoms with Gasteiger partial charge in [0, 0.05) is 41.3 Å². The first-order valence-corrected chi connectivity index (χ1v) is 20.8. The summed E-state index contributed by atoms with van der Waals surface area (Å²) in [5.74, 6) is -1.79. The lowest BCUT2D eigenvalue weighted by atomic mass is 9.89. The van der Waals surface area contributed by atoms with Gasteiger partial charge < -0.3 is 19.1 Å². The Morgan fingerprint density at radius 1 is 1.07 bits per heavy atom. The number of Topliss-reactive ketones (excluding diaryl/α,β-unsaturated/α-hetero) is 1. The number of esters is 1. The number of amides is 2. The molecule has 3 aliphatic heterocycles. The normalized spacial score (nSPS) is 30.5. The summed E-state index contributed by atoms with van der Waals surface area (Å²) in [6.07, 6.45) is 14.3. The van der Waals surface area contributed by atoms with Gasteiger partial charge in [0.05, 0.1) is 43.4 Å². The molecule has 5 bridgehead atoms. The number of ketones is 1. The summed E-state index contributed by atoms with van der Waals surface area (Å²) >= 11 is 0. The number of cyclic esters (lactones) is 1. The van der Waals surface area contributed by atoms with Crippen LogP contribution in [0.25, 0.3) is 16.8 Å². The summed E-state index contributed by atoms with van der Waals surface area (Å²) in [7, 11) is -2.23. The highest BCUT2D eigenvalue weighted by molar-refractivity contribution is 7.90. The molecular weight excluding hydrogens is 711 g/mol. The SMILES string of the molecule is COc1cc2ccnc3c2cc1/C=C/CC(C)(C)COC(=O)C[C@H]1CCCCC/C=C\[C@@H]2C[C@@]2(C(=O)NS(=O)(=O)C2CC2)CC(=O)[C@@H]2C[C@H](CN2C1=O)O3. The van der Waals surface area contributed by atoms with Gasteiger partial charge in [0.1, 0.15) is 11.9 Å². The zero-order chi connectivity index (χ0) is 38.3. The third kappa shape index (κ3) is 8.21. The van der Waals surface area contributed by atoms with Crippen LogP contribution in [0.2, 0.25) is 0 Å². The van der Waals surface area contributed by atoms with Crippen LogP contribution in [0.4, 0.5) is 0 Å². The number of sulfonamides is 1. The van der Waals surface area contributed by atoms with E-state index in [4.69, 9.17) is 14.2 Å². The highest BCUT2D eigenvalue weighted by Gasteiger charge is 2.61. The highest BCUT2D eigenvalue weighted by Crippen LogP contribution is 2.57. The minimum Gasteiger partial charge on any atom is -0.496 e. The maximum atomic E-state index is 14.6. The number of pyridine rings is 1. The predicted octanol–water partition coefficient (Wildman–Crippen LogP) is 5.68. The third-order valence-corrected chi connectivity index (χ3v) is 13.5. The molecule has 5 atom stereocenters. The topological polar surface area (TPSA) is 158 Å². The lowest BCUT2D eigenvalue weighted by molar-refractivity contribution is -0.152. The molecule has 1 aromatic carbocycles. The zero-order valence-corrected chi connectivity index (χ0v) is 32.2. The van der Waals surface area contributed by atoms with Crippen LogP contribution in [0.1, 0.15) is 96.5 Å². The average molecular weight is 762 g/mol. The molecule has 54 heavy (non-hydrogen) atoms. The minimum absolute atomic E-state index is 0.0768. The number of hydrogen-bond acceptors (Lipinski definition) is 10. The van der Waals surface area contributed by atoms with Crippen molar-refractivity contribution in [2.45, 2.75) is 108 Å². The first-order valence-electron chi connectivity index (χ1n) is 19.3. The van der Waals surface area contributed by atoms with Crippen LogP contribution in [-0.4, -0.2) is 79.5 Å².